The number of hydrogen-bond acceptors (Lipinski definition) is 2. The molecule has 0 N–H and O–H groups in total. The van der Waals surface area contributed by atoms with Crippen LogP contribution >= 0.6 is 0 Å². The quantitative estimate of drug-likeness (QED) is 0.418. The molecule has 3 heteroatoms. The molecule has 0 radical (unpaired) electrons. The van der Waals surface area contributed by atoms with Gasteiger partial charge in [-0.05, 0) is 0 Å². The maximum Gasteiger partial charge on any atom is 0.409 e. The maximum absolute atomic E-state index is 10.7. The summed E-state index contributed by atoms with van der Waals surface area (Å²) in [6, 6.07) is 0. The van der Waals surface area contributed by atoms with Gasteiger partial charge in [-0.15, -0.1) is 12.3 Å². The van der Waals surface area contributed by atoms with Crippen LogP contribution in [0.25, 0.3) is 0 Å². The molecule has 0 saturated carbocycles. The van der Waals surface area contributed by atoms with Crippen molar-refractivity contribution in [3.05, 3.63) is 0 Å². The van der Waals surface area contributed by atoms with Gasteiger partial charge in [0.1, 0.15) is 6.61 Å². The highest BCUT2D eigenvalue weighted by Crippen LogP contribution is 1.86. The van der Waals surface area contributed by atoms with E-state index in [9.17, 15) is 4.79 Å². The third kappa shape index (κ3) is 3.79. The van der Waals surface area contributed by atoms with Crippen LogP contribution < -0.4 is 0 Å². The van der Waals surface area contributed by atoms with Crippen LogP contribution in [0.15, 0.2) is 0 Å². The molecule has 1 amide bonds. The predicted octanol–water partition coefficient (Wildman–Crippen LogP) is 0.708. The summed E-state index contributed by atoms with van der Waals surface area (Å²) in [6.45, 7) is 0.299. The van der Waals surface area contributed by atoms with Crippen LogP contribution in [-0.4, -0.2) is 31.7 Å². The average molecular weight is 141 g/mol. The molecule has 0 spiro atoms. The van der Waals surface area contributed by atoms with Crippen LogP contribution in [0.1, 0.15) is 6.42 Å². The Labute approximate surface area is 61.0 Å². The summed E-state index contributed by atoms with van der Waals surface area (Å²) in [7, 11) is 3.25. The fourth-order valence-corrected chi connectivity index (χ4v) is 0.326. The van der Waals surface area contributed by atoms with Crippen LogP contribution in [0.3, 0.4) is 0 Å². The van der Waals surface area contributed by atoms with E-state index in [-0.39, 0.29) is 6.09 Å². The summed E-state index contributed by atoms with van der Waals surface area (Å²) in [5, 5.41) is 0. The Morgan fingerprint density at radius 3 is 2.70 bits per heavy atom. The molecule has 10 heavy (non-hydrogen) atoms. The largest absolute Gasteiger partial charge is 0.448 e. The molecule has 0 aliphatic carbocycles. The molecule has 0 bridgehead atoms. The van der Waals surface area contributed by atoms with Gasteiger partial charge in [-0.25, -0.2) is 4.79 Å². The summed E-state index contributed by atoms with van der Waals surface area (Å²) in [4.78, 5) is 12.0. The first kappa shape index (κ1) is 8.83. The second kappa shape index (κ2) is 4.68. The Bertz CT molecular complexity index is 146. The van der Waals surface area contributed by atoms with E-state index in [0.29, 0.717) is 13.0 Å². The second-order valence-electron chi connectivity index (χ2n) is 1.96. The molecule has 0 atom stereocenters. The third-order valence-corrected chi connectivity index (χ3v) is 0.837. The summed E-state index contributed by atoms with van der Waals surface area (Å²) >= 11 is 0. The Hall–Kier alpha value is -1.17. The van der Waals surface area contributed by atoms with E-state index >= 15 is 0 Å². The van der Waals surface area contributed by atoms with E-state index in [2.05, 4.69) is 10.7 Å². The molecule has 0 aliphatic rings. The number of hydrogen-bond donors (Lipinski definition) is 0. The number of terminal acetylenes is 1. The van der Waals surface area contributed by atoms with Crippen LogP contribution in [0.5, 0.6) is 0 Å². The van der Waals surface area contributed by atoms with Gasteiger partial charge in [-0.1, -0.05) is 0 Å². The van der Waals surface area contributed by atoms with Crippen molar-refractivity contribution < 1.29 is 9.53 Å². The first-order valence-electron chi connectivity index (χ1n) is 2.96. The summed E-state index contributed by atoms with van der Waals surface area (Å²) in [6.07, 6.45) is 5.06. The number of rotatable bonds is 2. The Morgan fingerprint density at radius 1 is 1.70 bits per heavy atom. The number of carbonyl (C=O) groups is 1. The molecule has 0 aliphatic heterocycles. The van der Waals surface area contributed by atoms with Gasteiger partial charge in [0.2, 0.25) is 0 Å². The molecule has 0 fully saturated rings. The van der Waals surface area contributed by atoms with Gasteiger partial charge in [-0.3, -0.25) is 0 Å². The molecule has 3 nitrogen and oxygen atoms in total. The fraction of sp³-hybridized carbons (Fsp3) is 0.571. The Balaban J connectivity index is 3.33. The lowest BCUT2D eigenvalue weighted by Crippen LogP contribution is -2.22. The van der Waals surface area contributed by atoms with Crippen molar-refractivity contribution >= 4 is 6.09 Å². The fourth-order valence-electron chi connectivity index (χ4n) is 0.326. The SMILES string of the molecule is C#CCCOC(=O)N(C)C. The van der Waals surface area contributed by atoms with Crippen molar-refractivity contribution in [2.24, 2.45) is 0 Å². The van der Waals surface area contributed by atoms with E-state index in [1.165, 1.54) is 4.90 Å². The third-order valence-electron chi connectivity index (χ3n) is 0.837. The van der Waals surface area contributed by atoms with E-state index in [4.69, 9.17) is 6.42 Å². The molecular weight excluding hydrogens is 130 g/mol. The van der Waals surface area contributed by atoms with E-state index in [0.717, 1.165) is 0 Å². The van der Waals surface area contributed by atoms with Crippen molar-refractivity contribution in [3.8, 4) is 12.3 Å². The van der Waals surface area contributed by atoms with E-state index in [1.54, 1.807) is 14.1 Å². The highest BCUT2D eigenvalue weighted by atomic mass is 16.6. The van der Waals surface area contributed by atoms with Gasteiger partial charge >= 0.3 is 6.09 Å². The molecule has 0 saturated heterocycles. The van der Waals surface area contributed by atoms with Crippen molar-refractivity contribution in [2.75, 3.05) is 20.7 Å². The first-order chi connectivity index (χ1) is 4.68. The lowest BCUT2D eigenvalue weighted by Gasteiger charge is -2.09. The number of carbonyl (C=O) groups excluding carboxylic acids is 1. The average Bonchev–Trinajstić information content (AvgIpc) is 1.88. The van der Waals surface area contributed by atoms with Crippen molar-refractivity contribution in [1.29, 1.82) is 0 Å². The highest BCUT2D eigenvalue weighted by molar-refractivity contribution is 5.66. The highest BCUT2D eigenvalue weighted by Gasteiger charge is 2.01. The minimum absolute atomic E-state index is 0.299. The Kier molecular flexibility index (Phi) is 4.14. The molecule has 0 aromatic rings. The maximum atomic E-state index is 10.7. The van der Waals surface area contributed by atoms with Gasteiger partial charge in [0.15, 0.2) is 0 Å². The van der Waals surface area contributed by atoms with Gasteiger partial charge in [0.05, 0.1) is 0 Å². The monoisotopic (exact) mass is 141 g/mol. The van der Waals surface area contributed by atoms with E-state index in [1.807, 2.05) is 0 Å². The van der Waals surface area contributed by atoms with Gasteiger partial charge in [0, 0.05) is 20.5 Å². The molecule has 0 unspecified atom stereocenters. The van der Waals surface area contributed by atoms with Crippen LogP contribution in [0.2, 0.25) is 0 Å². The zero-order valence-electron chi connectivity index (χ0n) is 6.26. The zero-order chi connectivity index (χ0) is 7.98. The van der Waals surface area contributed by atoms with Crippen LogP contribution in [-0.2, 0) is 4.74 Å². The zero-order valence-corrected chi connectivity index (χ0v) is 6.26. The van der Waals surface area contributed by atoms with Crippen molar-refractivity contribution in [1.82, 2.24) is 4.90 Å². The van der Waals surface area contributed by atoms with E-state index < -0.39 is 0 Å². The summed E-state index contributed by atoms with van der Waals surface area (Å²) in [5.41, 5.74) is 0. The number of nitrogens with zero attached hydrogens (tertiary/aromatic N) is 1. The lowest BCUT2D eigenvalue weighted by atomic mass is 10.5. The smallest absolute Gasteiger partial charge is 0.409 e. The standard InChI is InChI=1S/C7H11NO2/c1-4-5-6-10-7(9)8(2)3/h1H,5-6H2,2-3H3. The molecule has 0 aromatic carbocycles. The second-order valence-corrected chi connectivity index (χ2v) is 1.96. The van der Waals surface area contributed by atoms with Crippen molar-refractivity contribution in [2.45, 2.75) is 6.42 Å². The molecule has 0 heterocycles. The first-order valence-corrected chi connectivity index (χ1v) is 2.96. The molecule has 0 rings (SSSR count). The van der Waals surface area contributed by atoms with Gasteiger partial charge in [-0.2, -0.15) is 0 Å². The van der Waals surface area contributed by atoms with Crippen LogP contribution in [0, 0.1) is 12.3 Å². The molecular formula is C7H11NO2. The normalized spacial score (nSPS) is 8.10. The topological polar surface area (TPSA) is 29.5 Å². The van der Waals surface area contributed by atoms with Crippen molar-refractivity contribution in [3.63, 3.8) is 0 Å². The number of ether oxygens (including phenoxy) is 1. The van der Waals surface area contributed by atoms with Gasteiger partial charge < -0.3 is 9.64 Å². The minimum atomic E-state index is -0.352. The minimum Gasteiger partial charge on any atom is -0.448 e. The summed E-state index contributed by atoms with van der Waals surface area (Å²) in [5.74, 6) is 2.37. The summed E-state index contributed by atoms with van der Waals surface area (Å²) < 4.78 is 4.69. The number of amides is 1. The molecule has 56 valence electrons. The molecule has 0 aromatic heterocycles. The van der Waals surface area contributed by atoms with Crippen LogP contribution in [0.4, 0.5) is 4.79 Å². The lowest BCUT2D eigenvalue weighted by molar-refractivity contribution is 0.121. The van der Waals surface area contributed by atoms with Gasteiger partial charge in [0.25, 0.3) is 0 Å². The Morgan fingerprint density at radius 2 is 2.30 bits per heavy atom. The predicted molar refractivity (Wildman–Crippen MR) is 38.5 cm³/mol.